The molecule has 1 unspecified atom stereocenters. The molecule has 2 N–H and O–H groups in total. The first kappa shape index (κ1) is 11.6. The Morgan fingerprint density at radius 3 is 2.94 bits per heavy atom. The van der Waals surface area contributed by atoms with E-state index in [-0.39, 0.29) is 17.9 Å². The fraction of sp³-hybridized carbons (Fsp3) is 0.400. The van der Waals surface area contributed by atoms with Crippen LogP contribution in [0, 0.1) is 0 Å². The second-order valence-corrected chi connectivity index (χ2v) is 5.39. The summed E-state index contributed by atoms with van der Waals surface area (Å²) in [6.45, 7) is 0.601. The SMILES string of the molecule is O=C1CCC(NCc2ccc(Cl)s2)C(=O)N1. The molecule has 1 fully saturated rings. The van der Waals surface area contributed by atoms with Crippen LogP contribution in [0.4, 0.5) is 0 Å². The number of hydrogen-bond acceptors (Lipinski definition) is 4. The number of hydrogen-bond donors (Lipinski definition) is 2. The molecule has 1 aromatic heterocycles. The van der Waals surface area contributed by atoms with Gasteiger partial charge in [0, 0.05) is 17.8 Å². The normalized spacial score (nSPS) is 20.9. The summed E-state index contributed by atoms with van der Waals surface area (Å²) >= 11 is 7.28. The molecule has 1 aliphatic heterocycles. The number of nitrogens with one attached hydrogen (secondary N) is 2. The number of imide groups is 1. The van der Waals surface area contributed by atoms with Gasteiger partial charge in [-0.3, -0.25) is 14.9 Å². The van der Waals surface area contributed by atoms with Crippen LogP contribution in [0.25, 0.3) is 0 Å². The van der Waals surface area contributed by atoms with Crippen molar-refractivity contribution >= 4 is 34.8 Å². The topological polar surface area (TPSA) is 58.2 Å². The van der Waals surface area contributed by atoms with Gasteiger partial charge in [0.2, 0.25) is 11.8 Å². The summed E-state index contributed by atoms with van der Waals surface area (Å²) in [5.41, 5.74) is 0. The Bertz CT molecular complexity index is 419. The average molecular weight is 259 g/mol. The van der Waals surface area contributed by atoms with Crippen molar-refractivity contribution in [3.63, 3.8) is 0 Å². The van der Waals surface area contributed by atoms with Crippen LogP contribution in [0.5, 0.6) is 0 Å². The Hall–Kier alpha value is -0.910. The van der Waals surface area contributed by atoms with Gasteiger partial charge in [-0.2, -0.15) is 0 Å². The predicted molar refractivity (Wildman–Crippen MR) is 62.3 cm³/mol. The number of carbonyl (C=O) groups excluding carboxylic acids is 2. The average Bonchev–Trinajstić information content (AvgIpc) is 2.63. The first-order valence-corrected chi connectivity index (χ1v) is 6.16. The molecule has 2 heterocycles. The lowest BCUT2D eigenvalue weighted by atomic mass is 10.1. The molecule has 1 aromatic rings. The zero-order valence-electron chi connectivity index (χ0n) is 8.46. The van der Waals surface area contributed by atoms with Crippen molar-refractivity contribution in [3.05, 3.63) is 21.3 Å². The quantitative estimate of drug-likeness (QED) is 0.804. The van der Waals surface area contributed by atoms with Crippen LogP contribution in [-0.2, 0) is 16.1 Å². The van der Waals surface area contributed by atoms with Crippen molar-refractivity contribution in [3.8, 4) is 0 Å². The van der Waals surface area contributed by atoms with Crippen LogP contribution in [0.3, 0.4) is 0 Å². The van der Waals surface area contributed by atoms with E-state index >= 15 is 0 Å². The van der Waals surface area contributed by atoms with E-state index < -0.39 is 0 Å². The first-order chi connectivity index (χ1) is 7.65. The fourth-order valence-electron chi connectivity index (χ4n) is 1.56. The highest BCUT2D eigenvalue weighted by atomic mass is 35.5. The maximum absolute atomic E-state index is 11.4. The third-order valence-corrected chi connectivity index (χ3v) is 3.62. The van der Waals surface area contributed by atoms with Crippen LogP contribution in [0.2, 0.25) is 4.34 Å². The van der Waals surface area contributed by atoms with Crippen LogP contribution >= 0.6 is 22.9 Å². The van der Waals surface area contributed by atoms with Crippen molar-refractivity contribution in [2.75, 3.05) is 0 Å². The van der Waals surface area contributed by atoms with Crippen LogP contribution in [0.15, 0.2) is 12.1 Å². The Morgan fingerprint density at radius 1 is 1.50 bits per heavy atom. The molecule has 0 bridgehead atoms. The molecule has 4 nitrogen and oxygen atoms in total. The van der Waals surface area contributed by atoms with Crippen molar-refractivity contribution in [1.29, 1.82) is 0 Å². The number of rotatable bonds is 3. The number of thiophene rings is 1. The Balaban J connectivity index is 1.86. The van der Waals surface area contributed by atoms with Gasteiger partial charge in [0.15, 0.2) is 0 Å². The maximum Gasteiger partial charge on any atom is 0.243 e. The Morgan fingerprint density at radius 2 is 2.31 bits per heavy atom. The minimum Gasteiger partial charge on any atom is -0.301 e. The second kappa shape index (κ2) is 4.95. The highest BCUT2D eigenvalue weighted by Crippen LogP contribution is 2.21. The van der Waals surface area contributed by atoms with E-state index in [2.05, 4.69) is 10.6 Å². The molecule has 86 valence electrons. The largest absolute Gasteiger partial charge is 0.301 e. The Labute approximate surface area is 102 Å². The summed E-state index contributed by atoms with van der Waals surface area (Å²) in [4.78, 5) is 23.4. The van der Waals surface area contributed by atoms with E-state index in [1.807, 2.05) is 12.1 Å². The summed E-state index contributed by atoms with van der Waals surface area (Å²) in [6.07, 6.45) is 0.957. The number of amides is 2. The lowest BCUT2D eigenvalue weighted by molar-refractivity contribution is -0.134. The molecule has 0 aliphatic carbocycles. The van der Waals surface area contributed by atoms with E-state index in [4.69, 9.17) is 11.6 Å². The third kappa shape index (κ3) is 2.81. The van der Waals surface area contributed by atoms with E-state index in [1.165, 1.54) is 11.3 Å². The van der Waals surface area contributed by atoms with Gasteiger partial charge in [-0.15, -0.1) is 11.3 Å². The standard InChI is InChI=1S/C10H11ClN2O2S/c11-8-3-1-6(16-8)5-12-7-2-4-9(14)13-10(7)15/h1,3,7,12H,2,4-5H2,(H,13,14,15). The molecular formula is C10H11ClN2O2S. The summed E-state index contributed by atoms with van der Waals surface area (Å²) < 4.78 is 0.736. The monoisotopic (exact) mass is 258 g/mol. The minimum atomic E-state index is -0.279. The number of piperidine rings is 1. The zero-order valence-corrected chi connectivity index (χ0v) is 10.0. The zero-order chi connectivity index (χ0) is 11.5. The summed E-state index contributed by atoms with van der Waals surface area (Å²) in [7, 11) is 0. The summed E-state index contributed by atoms with van der Waals surface area (Å²) in [5, 5.41) is 5.42. The third-order valence-electron chi connectivity index (χ3n) is 2.39. The second-order valence-electron chi connectivity index (χ2n) is 3.59. The van der Waals surface area contributed by atoms with Gasteiger partial charge in [-0.1, -0.05) is 11.6 Å². The maximum atomic E-state index is 11.4. The molecule has 1 aliphatic rings. The van der Waals surface area contributed by atoms with Gasteiger partial charge in [0.25, 0.3) is 0 Å². The van der Waals surface area contributed by atoms with Gasteiger partial charge in [-0.25, -0.2) is 0 Å². The molecular weight excluding hydrogens is 248 g/mol. The van der Waals surface area contributed by atoms with Crippen molar-refractivity contribution in [2.24, 2.45) is 0 Å². The fourth-order valence-corrected chi connectivity index (χ4v) is 2.60. The molecule has 0 spiro atoms. The number of carbonyl (C=O) groups is 2. The minimum absolute atomic E-state index is 0.192. The van der Waals surface area contributed by atoms with Crippen molar-refractivity contribution in [2.45, 2.75) is 25.4 Å². The molecule has 1 saturated heterocycles. The van der Waals surface area contributed by atoms with Crippen molar-refractivity contribution in [1.82, 2.24) is 10.6 Å². The van der Waals surface area contributed by atoms with Gasteiger partial charge in [-0.05, 0) is 18.6 Å². The predicted octanol–water partition coefficient (Wildman–Crippen LogP) is 1.30. The molecule has 16 heavy (non-hydrogen) atoms. The number of halogens is 1. The molecule has 2 rings (SSSR count). The van der Waals surface area contributed by atoms with E-state index in [9.17, 15) is 9.59 Å². The van der Waals surface area contributed by atoms with E-state index in [0.29, 0.717) is 19.4 Å². The highest BCUT2D eigenvalue weighted by molar-refractivity contribution is 7.16. The van der Waals surface area contributed by atoms with Gasteiger partial charge < -0.3 is 5.32 Å². The molecule has 0 saturated carbocycles. The molecule has 1 atom stereocenters. The summed E-state index contributed by atoms with van der Waals surface area (Å²) in [5.74, 6) is -0.430. The first-order valence-electron chi connectivity index (χ1n) is 4.96. The molecule has 6 heteroatoms. The molecule has 2 amide bonds. The van der Waals surface area contributed by atoms with Crippen LogP contribution in [-0.4, -0.2) is 17.9 Å². The summed E-state index contributed by atoms with van der Waals surface area (Å²) in [6, 6.07) is 3.47. The Kier molecular flexibility index (Phi) is 3.58. The van der Waals surface area contributed by atoms with Gasteiger partial charge in [0.05, 0.1) is 10.4 Å². The molecule has 0 aromatic carbocycles. The smallest absolute Gasteiger partial charge is 0.243 e. The van der Waals surface area contributed by atoms with E-state index in [1.54, 1.807) is 0 Å². The van der Waals surface area contributed by atoms with Gasteiger partial charge in [0.1, 0.15) is 0 Å². The highest BCUT2D eigenvalue weighted by Gasteiger charge is 2.25. The molecule has 0 radical (unpaired) electrons. The lowest BCUT2D eigenvalue weighted by Crippen LogP contribution is -2.50. The van der Waals surface area contributed by atoms with Crippen molar-refractivity contribution < 1.29 is 9.59 Å². The van der Waals surface area contributed by atoms with E-state index in [0.717, 1.165) is 9.21 Å². The van der Waals surface area contributed by atoms with Crippen LogP contribution < -0.4 is 10.6 Å². The van der Waals surface area contributed by atoms with Crippen LogP contribution in [0.1, 0.15) is 17.7 Å². The lowest BCUT2D eigenvalue weighted by Gasteiger charge is -2.21. The van der Waals surface area contributed by atoms with Gasteiger partial charge >= 0.3 is 0 Å².